The van der Waals surface area contributed by atoms with Gasteiger partial charge in [-0.15, -0.1) is 0 Å². The number of hydrogen-bond donors (Lipinski definition) is 2. The van der Waals surface area contributed by atoms with Crippen LogP contribution < -0.4 is 10.6 Å². The Morgan fingerprint density at radius 2 is 1.88 bits per heavy atom. The van der Waals surface area contributed by atoms with E-state index in [4.69, 9.17) is 0 Å². The fourth-order valence-electron chi connectivity index (χ4n) is 3.05. The lowest BCUT2D eigenvalue weighted by molar-refractivity contribution is 0.372. The van der Waals surface area contributed by atoms with E-state index in [0.29, 0.717) is 24.7 Å². The highest BCUT2D eigenvalue weighted by Crippen LogP contribution is 2.24. The minimum Gasteiger partial charge on any atom is -0.373 e. The zero-order valence-corrected chi connectivity index (χ0v) is 16.4. The van der Waals surface area contributed by atoms with Crippen molar-refractivity contribution in [2.45, 2.75) is 39.2 Å². The Morgan fingerprint density at radius 1 is 1.24 bits per heavy atom. The predicted molar refractivity (Wildman–Crippen MR) is 99.7 cm³/mol. The highest BCUT2D eigenvalue weighted by Gasteiger charge is 2.26. The fraction of sp³-hybridized carbons (Fsp3) is 0.750. The molecule has 142 valence electrons. The molecule has 2 heterocycles. The summed E-state index contributed by atoms with van der Waals surface area (Å²) in [5.74, 6) is 1.85. The van der Waals surface area contributed by atoms with Crippen LogP contribution in [0.5, 0.6) is 0 Å². The van der Waals surface area contributed by atoms with E-state index in [0.717, 1.165) is 37.6 Å². The predicted octanol–water partition coefficient (Wildman–Crippen LogP) is 1.00. The maximum absolute atomic E-state index is 12.6. The van der Waals surface area contributed by atoms with Gasteiger partial charge in [-0.25, -0.2) is 9.97 Å². The summed E-state index contributed by atoms with van der Waals surface area (Å²) in [7, 11) is -0.0704. The smallest absolute Gasteiger partial charge is 0.282 e. The number of aromatic nitrogens is 2. The van der Waals surface area contributed by atoms with Gasteiger partial charge in [-0.1, -0.05) is 13.8 Å². The molecule has 0 aliphatic carbocycles. The summed E-state index contributed by atoms with van der Waals surface area (Å²) in [6.45, 7) is 6.74. The third kappa shape index (κ3) is 4.87. The first-order valence-electron chi connectivity index (χ1n) is 8.90. The molecule has 0 radical (unpaired) electrons. The van der Waals surface area contributed by atoms with Crippen molar-refractivity contribution in [3.63, 3.8) is 0 Å². The number of nitrogens with zero attached hydrogens (tertiary/aromatic N) is 4. The molecule has 0 amide bonds. The van der Waals surface area contributed by atoms with Gasteiger partial charge in [0, 0.05) is 39.2 Å². The van der Waals surface area contributed by atoms with Gasteiger partial charge >= 0.3 is 0 Å². The van der Waals surface area contributed by atoms with Crippen molar-refractivity contribution >= 4 is 16.0 Å². The molecule has 0 aromatic carbocycles. The summed E-state index contributed by atoms with van der Waals surface area (Å²) < 4.78 is 28.0. The molecule has 2 rings (SSSR count). The number of nitrogens with one attached hydrogen (secondary N) is 2. The van der Waals surface area contributed by atoms with Crippen molar-refractivity contribution in [2.75, 3.05) is 45.6 Å². The second-order valence-corrected chi connectivity index (χ2v) is 8.26. The number of hydrogen-bond acceptors (Lipinski definition) is 6. The van der Waals surface area contributed by atoms with Crippen molar-refractivity contribution in [2.24, 2.45) is 0 Å². The molecule has 0 saturated carbocycles. The summed E-state index contributed by atoms with van der Waals surface area (Å²) >= 11 is 0. The standard InChI is InChI=1S/C16H30N6O2S/c1-5-22(6-2)25(23,24)21(4)12-14-11-15(17-3)20-16(19-14)13-7-9-18-10-8-13/h11,13,18H,5-10,12H2,1-4H3,(H,17,19,20). The Labute approximate surface area is 151 Å². The number of anilines is 1. The Balaban J connectivity index is 2.23. The molecule has 1 aromatic rings. The van der Waals surface area contributed by atoms with E-state index in [1.54, 1.807) is 7.05 Å². The molecular weight excluding hydrogens is 340 g/mol. The van der Waals surface area contributed by atoms with E-state index in [-0.39, 0.29) is 6.54 Å². The highest BCUT2D eigenvalue weighted by molar-refractivity contribution is 7.86. The van der Waals surface area contributed by atoms with E-state index in [2.05, 4.69) is 20.6 Å². The van der Waals surface area contributed by atoms with Gasteiger partial charge < -0.3 is 10.6 Å². The number of piperidine rings is 1. The third-order valence-electron chi connectivity index (χ3n) is 4.57. The van der Waals surface area contributed by atoms with Crippen molar-refractivity contribution in [1.29, 1.82) is 0 Å². The van der Waals surface area contributed by atoms with Crippen LogP contribution in [0.3, 0.4) is 0 Å². The second-order valence-electron chi connectivity index (χ2n) is 6.23. The second kappa shape index (κ2) is 8.88. The third-order valence-corrected chi connectivity index (χ3v) is 6.65. The van der Waals surface area contributed by atoms with Gasteiger partial charge in [0.25, 0.3) is 10.2 Å². The van der Waals surface area contributed by atoms with Crippen LogP contribution in [-0.4, -0.2) is 67.3 Å². The van der Waals surface area contributed by atoms with Gasteiger partial charge in [-0.05, 0) is 25.9 Å². The molecule has 25 heavy (non-hydrogen) atoms. The molecule has 9 heteroatoms. The van der Waals surface area contributed by atoms with Crippen LogP contribution in [0.2, 0.25) is 0 Å². The maximum atomic E-state index is 12.6. The SMILES string of the molecule is CCN(CC)S(=O)(=O)N(C)Cc1cc(NC)nc(C2CCNCC2)n1. The molecule has 1 fully saturated rings. The lowest BCUT2D eigenvalue weighted by Crippen LogP contribution is -2.41. The van der Waals surface area contributed by atoms with Gasteiger partial charge in [0.1, 0.15) is 11.6 Å². The molecule has 1 saturated heterocycles. The molecule has 1 aliphatic rings. The van der Waals surface area contributed by atoms with Gasteiger partial charge in [0.2, 0.25) is 0 Å². The van der Waals surface area contributed by atoms with Crippen LogP contribution in [0.25, 0.3) is 0 Å². The van der Waals surface area contributed by atoms with Crippen LogP contribution in [0.15, 0.2) is 6.07 Å². The van der Waals surface area contributed by atoms with Crippen LogP contribution in [0.4, 0.5) is 5.82 Å². The Morgan fingerprint density at radius 3 is 2.44 bits per heavy atom. The fourth-order valence-corrected chi connectivity index (χ4v) is 4.39. The van der Waals surface area contributed by atoms with Crippen molar-refractivity contribution in [3.8, 4) is 0 Å². The summed E-state index contributed by atoms with van der Waals surface area (Å²) in [6, 6.07) is 1.82. The molecule has 1 aromatic heterocycles. The van der Waals surface area contributed by atoms with E-state index in [1.807, 2.05) is 27.0 Å². The zero-order chi connectivity index (χ0) is 18.4. The first-order chi connectivity index (χ1) is 11.9. The van der Waals surface area contributed by atoms with Crippen molar-refractivity contribution in [1.82, 2.24) is 23.9 Å². The van der Waals surface area contributed by atoms with Crippen molar-refractivity contribution < 1.29 is 8.42 Å². The van der Waals surface area contributed by atoms with E-state index < -0.39 is 10.2 Å². The Hall–Kier alpha value is -1.29. The van der Waals surface area contributed by atoms with Crippen LogP contribution in [0.1, 0.15) is 44.1 Å². The molecule has 0 spiro atoms. The van der Waals surface area contributed by atoms with Gasteiger partial charge in [0.15, 0.2) is 0 Å². The molecular formula is C16H30N6O2S. The average Bonchev–Trinajstić information content (AvgIpc) is 2.62. The van der Waals surface area contributed by atoms with Gasteiger partial charge in [-0.3, -0.25) is 0 Å². The average molecular weight is 371 g/mol. The van der Waals surface area contributed by atoms with E-state index in [9.17, 15) is 8.42 Å². The first kappa shape index (κ1) is 20.0. The summed E-state index contributed by atoms with van der Waals surface area (Å²) in [4.78, 5) is 9.25. The lowest BCUT2D eigenvalue weighted by atomic mass is 9.97. The summed E-state index contributed by atoms with van der Waals surface area (Å²) in [5.41, 5.74) is 0.714. The normalized spacial score (nSPS) is 16.6. The van der Waals surface area contributed by atoms with Gasteiger partial charge in [0.05, 0.1) is 12.2 Å². The first-order valence-corrected chi connectivity index (χ1v) is 10.3. The summed E-state index contributed by atoms with van der Waals surface area (Å²) in [5, 5.41) is 6.40. The Bertz CT molecular complexity index is 657. The van der Waals surface area contributed by atoms with Gasteiger partial charge in [-0.2, -0.15) is 17.0 Å². The number of rotatable bonds is 8. The highest BCUT2D eigenvalue weighted by atomic mass is 32.2. The minimum absolute atomic E-state index is 0.230. The van der Waals surface area contributed by atoms with Crippen LogP contribution >= 0.6 is 0 Å². The van der Waals surface area contributed by atoms with Crippen LogP contribution in [-0.2, 0) is 16.8 Å². The molecule has 0 unspecified atom stereocenters. The summed E-state index contributed by atoms with van der Waals surface area (Å²) in [6.07, 6.45) is 2.00. The molecule has 0 atom stereocenters. The topological polar surface area (TPSA) is 90.5 Å². The Kier molecular flexibility index (Phi) is 7.12. The monoisotopic (exact) mass is 370 g/mol. The lowest BCUT2D eigenvalue weighted by Gasteiger charge is -2.26. The van der Waals surface area contributed by atoms with E-state index in [1.165, 1.54) is 8.61 Å². The molecule has 0 bridgehead atoms. The van der Waals surface area contributed by atoms with E-state index >= 15 is 0 Å². The quantitative estimate of drug-likeness (QED) is 0.710. The maximum Gasteiger partial charge on any atom is 0.282 e. The largest absolute Gasteiger partial charge is 0.373 e. The van der Waals surface area contributed by atoms with Crippen LogP contribution in [0, 0.1) is 0 Å². The molecule has 8 nitrogen and oxygen atoms in total. The zero-order valence-electron chi connectivity index (χ0n) is 15.6. The molecule has 2 N–H and O–H groups in total. The van der Waals surface area contributed by atoms with Crippen molar-refractivity contribution in [3.05, 3.63) is 17.6 Å². The molecule has 1 aliphatic heterocycles. The minimum atomic E-state index is -3.48.